The minimum atomic E-state index is 0.722. The van der Waals surface area contributed by atoms with Gasteiger partial charge in [0.2, 0.25) is 0 Å². The molecule has 1 rings (SSSR count). The molecular formula is C9H18N2. The van der Waals surface area contributed by atoms with E-state index in [4.69, 9.17) is 0 Å². The van der Waals surface area contributed by atoms with Gasteiger partial charge in [-0.05, 0) is 20.4 Å². The highest BCUT2D eigenvalue weighted by Gasteiger charge is 2.18. The second-order valence-electron chi connectivity index (χ2n) is 3.10. The molecule has 64 valence electrons. The van der Waals surface area contributed by atoms with Crippen LogP contribution in [0.25, 0.3) is 0 Å². The van der Waals surface area contributed by atoms with Crippen molar-refractivity contribution in [3.63, 3.8) is 0 Å². The lowest BCUT2D eigenvalue weighted by atomic mass is 10.3. The number of likely N-dealkylation sites (N-methyl/N-ethyl adjacent to an activating group) is 1. The average Bonchev–Trinajstić information content (AvgIpc) is 2.48. The van der Waals surface area contributed by atoms with Crippen LogP contribution in [0, 0.1) is 0 Å². The normalized spacial score (nSPS) is 26.9. The zero-order chi connectivity index (χ0) is 8.10. The third kappa shape index (κ3) is 2.64. The summed E-state index contributed by atoms with van der Waals surface area (Å²) in [5.74, 6) is 0. The topological polar surface area (TPSA) is 15.3 Å². The van der Waals surface area contributed by atoms with E-state index in [1.165, 1.54) is 19.5 Å². The fourth-order valence-corrected chi connectivity index (χ4v) is 1.49. The smallest absolute Gasteiger partial charge is 0.0204 e. The molecule has 2 nitrogen and oxygen atoms in total. The summed E-state index contributed by atoms with van der Waals surface area (Å²) in [5, 5.41) is 3.30. The number of rotatable bonds is 3. The minimum absolute atomic E-state index is 0.722. The van der Waals surface area contributed by atoms with Gasteiger partial charge < -0.3 is 5.32 Å². The van der Waals surface area contributed by atoms with Gasteiger partial charge in [-0.15, -0.1) is 0 Å². The SMILES string of the molecule is C/C=C/CN1CCC(NC)C1. The van der Waals surface area contributed by atoms with Gasteiger partial charge in [-0.2, -0.15) is 0 Å². The van der Waals surface area contributed by atoms with Gasteiger partial charge in [0.25, 0.3) is 0 Å². The second kappa shape index (κ2) is 4.52. The van der Waals surface area contributed by atoms with E-state index >= 15 is 0 Å². The van der Waals surface area contributed by atoms with Crippen molar-refractivity contribution in [3.8, 4) is 0 Å². The number of likely N-dealkylation sites (tertiary alicyclic amines) is 1. The molecule has 1 unspecified atom stereocenters. The van der Waals surface area contributed by atoms with Crippen LogP contribution < -0.4 is 5.32 Å². The van der Waals surface area contributed by atoms with Crippen molar-refractivity contribution in [1.82, 2.24) is 10.2 Å². The highest BCUT2D eigenvalue weighted by molar-refractivity contribution is 4.87. The lowest BCUT2D eigenvalue weighted by molar-refractivity contribution is 0.365. The maximum atomic E-state index is 3.30. The molecule has 1 aliphatic heterocycles. The van der Waals surface area contributed by atoms with Crippen LogP contribution in [0.2, 0.25) is 0 Å². The van der Waals surface area contributed by atoms with Gasteiger partial charge in [0.05, 0.1) is 0 Å². The first-order chi connectivity index (χ1) is 5.36. The molecule has 1 fully saturated rings. The Bertz CT molecular complexity index is 132. The third-order valence-corrected chi connectivity index (χ3v) is 2.28. The third-order valence-electron chi connectivity index (χ3n) is 2.28. The Balaban J connectivity index is 2.19. The average molecular weight is 154 g/mol. The summed E-state index contributed by atoms with van der Waals surface area (Å²) in [6.07, 6.45) is 5.64. The van der Waals surface area contributed by atoms with Crippen molar-refractivity contribution in [1.29, 1.82) is 0 Å². The van der Waals surface area contributed by atoms with Gasteiger partial charge in [0, 0.05) is 25.7 Å². The van der Waals surface area contributed by atoms with Crippen LogP contribution in [0.1, 0.15) is 13.3 Å². The number of nitrogens with one attached hydrogen (secondary N) is 1. The van der Waals surface area contributed by atoms with Gasteiger partial charge in [0.1, 0.15) is 0 Å². The van der Waals surface area contributed by atoms with Gasteiger partial charge in [-0.25, -0.2) is 0 Å². The van der Waals surface area contributed by atoms with Crippen molar-refractivity contribution in [2.45, 2.75) is 19.4 Å². The Morgan fingerprint density at radius 3 is 3.00 bits per heavy atom. The van der Waals surface area contributed by atoms with Crippen LogP contribution in [0.3, 0.4) is 0 Å². The Kier molecular flexibility index (Phi) is 3.60. The standard InChI is InChI=1S/C9H18N2/c1-3-4-6-11-7-5-9(8-11)10-2/h3-4,9-10H,5-8H2,1-2H3/b4-3+. The van der Waals surface area contributed by atoms with Gasteiger partial charge in [-0.3, -0.25) is 4.90 Å². The predicted molar refractivity (Wildman–Crippen MR) is 48.7 cm³/mol. The molecular weight excluding hydrogens is 136 g/mol. The van der Waals surface area contributed by atoms with E-state index in [1.54, 1.807) is 0 Å². The number of hydrogen-bond acceptors (Lipinski definition) is 2. The van der Waals surface area contributed by atoms with E-state index in [0.717, 1.165) is 12.6 Å². The van der Waals surface area contributed by atoms with E-state index < -0.39 is 0 Å². The van der Waals surface area contributed by atoms with Gasteiger partial charge in [0.15, 0.2) is 0 Å². The van der Waals surface area contributed by atoms with Crippen LogP contribution in [0.5, 0.6) is 0 Å². The number of hydrogen-bond donors (Lipinski definition) is 1. The molecule has 1 heterocycles. The fraction of sp³-hybridized carbons (Fsp3) is 0.778. The van der Waals surface area contributed by atoms with Crippen LogP contribution in [0.4, 0.5) is 0 Å². The Hall–Kier alpha value is -0.340. The van der Waals surface area contributed by atoms with Crippen molar-refractivity contribution in [3.05, 3.63) is 12.2 Å². The van der Waals surface area contributed by atoms with Crippen LogP contribution in [-0.2, 0) is 0 Å². The molecule has 0 spiro atoms. The van der Waals surface area contributed by atoms with Crippen LogP contribution in [-0.4, -0.2) is 37.6 Å². The summed E-state index contributed by atoms with van der Waals surface area (Å²) >= 11 is 0. The van der Waals surface area contributed by atoms with Crippen molar-refractivity contribution in [2.24, 2.45) is 0 Å². The number of nitrogens with zero attached hydrogens (tertiary/aromatic N) is 1. The summed E-state index contributed by atoms with van der Waals surface area (Å²) in [4.78, 5) is 2.47. The summed E-state index contributed by atoms with van der Waals surface area (Å²) in [6.45, 7) is 5.65. The quantitative estimate of drug-likeness (QED) is 0.606. The Morgan fingerprint density at radius 1 is 1.64 bits per heavy atom. The lowest BCUT2D eigenvalue weighted by Gasteiger charge is -2.12. The highest BCUT2D eigenvalue weighted by atomic mass is 15.2. The summed E-state index contributed by atoms with van der Waals surface area (Å²) in [5.41, 5.74) is 0. The maximum Gasteiger partial charge on any atom is 0.0204 e. The molecule has 2 heteroatoms. The molecule has 0 saturated carbocycles. The number of allylic oxidation sites excluding steroid dienone is 1. The van der Waals surface area contributed by atoms with Crippen molar-refractivity contribution < 1.29 is 0 Å². The molecule has 1 saturated heterocycles. The first-order valence-corrected chi connectivity index (χ1v) is 4.37. The molecule has 0 amide bonds. The predicted octanol–water partition coefficient (Wildman–Crippen LogP) is 0.856. The summed E-state index contributed by atoms with van der Waals surface area (Å²) in [6, 6.07) is 0.722. The summed E-state index contributed by atoms with van der Waals surface area (Å²) < 4.78 is 0. The summed E-state index contributed by atoms with van der Waals surface area (Å²) in [7, 11) is 2.05. The van der Waals surface area contributed by atoms with Crippen molar-refractivity contribution in [2.75, 3.05) is 26.7 Å². The second-order valence-corrected chi connectivity index (χ2v) is 3.10. The minimum Gasteiger partial charge on any atom is -0.316 e. The van der Waals surface area contributed by atoms with E-state index in [0.29, 0.717) is 0 Å². The molecule has 1 N–H and O–H groups in total. The monoisotopic (exact) mass is 154 g/mol. The largest absolute Gasteiger partial charge is 0.316 e. The zero-order valence-electron chi connectivity index (χ0n) is 7.51. The first-order valence-electron chi connectivity index (χ1n) is 4.37. The molecule has 0 aliphatic carbocycles. The van der Waals surface area contributed by atoms with E-state index in [2.05, 4.69) is 29.3 Å². The fourth-order valence-electron chi connectivity index (χ4n) is 1.49. The maximum absolute atomic E-state index is 3.30. The van der Waals surface area contributed by atoms with Crippen molar-refractivity contribution >= 4 is 0 Å². The molecule has 11 heavy (non-hydrogen) atoms. The molecule has 1 aliphatic rings. The molecule has 1 atom stereocenters. The Morgan fingerprint density at radius 2 is 2.45 bits per heavy atom. The lowest BCUT2D eigenvalue weighted by Crippen LogP contribution is -2.29. The highest BCUT2D eigenvalue weighted by Crippen LogP contribution is 2.07. The molecule has 0 bridgehead atoms. The molecule has 0 aromatic heterocycles. The first kappa shape index (κ1) is 8.75. The van der Waals surface area contributed by atoms with Crippen LogP contribution >= 0.6 is 0 Å². The van der Waals surface area contributed by atoms with E-state index in [1.807, 2.05) is 7.05 Å². The zero-order valence-corrected chi connectivity index (χ0v) is 7.51. The van der Waals surface area contributed by atoms with E-state index in [-0.39, 0.29) is 0 Å². The van der Waals surface area contributed by atoms with Gasteiger partial charge >= 0.3 is 0 Å². The molecule has 0 radical (unpaired) electrons. The molecule has 0 aromatic carbocycles. The molecule has 0 aromatic rings. The van der Waals surface area contributed by atoms with Crippen LogP contribution in [0.15, 0.2) is 12.2 Å². The van der Waals surface area contributed by atoms with E-state index in [9.17, 15) is 0 Å². The van der Waals surface area contributed by atoms with Gasteiger partial charge in [-0.1, -0.05) is 12.2 Å². The Labute approximate surface area is 69.3 Å².